The number of nitrogens with zero attached hydrogens (tertiary/aromatic N) is 3. The van der Waals surface area contributed by atoms with Crippen LogP contribution >= 0.6 is 12.1 Å². The van der Waals surface area contributed by atoms with Crippen molar-refractivity contribution in [3.63, 3.8) is 0 Å². The minimum absolute atomic E-state index is 0.399. The molecule has 1 unspecified atom stereocenters. The topological polar surface area (TPSA) is 71.7 Å². The van der Waals surface area contributed by atoms with Gasteiger partial charge in [0.2, 0.25) is 5.88 Å². The molecule has 2 aliphatic heterocycles. The molecule has 0 amide bonds. The van der Waals surface area contributed by atoms with Crippen molar-refractivity contribution in [1.82, 2.24) is 13.6 Å². The molecule has 6 nitrogen and oxygen atoms in total. The van der Waals surface area contributed by atoms with Crippen molar-refractivity contribution in [2.24, 2.45) is 5.73 Å². The maximum absolute atomic E-state index is 11.4. The first-order valence-electron chi connectivity index (χ1n) is 11.1. The van der Waals surface area contributed by atoms with E-state index in [9.17, 15) is 4.21 Å². The van der Waals surface area contributed by atoms with E-state index in [1.54, 1.807) is 18.3 Å². The largest absolute Gasteiger partial charge is 0.476 e. The van der Waals surface area contributed by atoms with Crippen molar-refractivity contribution in [1.29, 1.82) is 0 Å². The van der Waals surface area contributed by atoms with Crippen LogP contribution in [0.3, 0.4) is 0 Å². The van der Waals surface area contributed by atoms with Gasteiger partial charge in [0.25, 0.3) is 0 Å². The van der Waals surface area contributed by atoms with Crippen LogP contribution < -0.4 is 10.5 Å². The van der Waals surface area contributed by atoms with Crippen LogP contribution in [0.1, 0.15) is 56.9 Å². The summed E-state index contributed by atoms with van der Waals surface area (Å²) >= 11 is 1.79. The quantitative estimate of drug-likeness (QED) is 0.680. The standard InChI is InChI=1S/C15H24N4O2S2.C6H12/c16-11-13-3-4-17-15(10-13)21-12-14-2-1-5-19(14)22-18-6-8-23(20)9-7-18;1-2-4-6-5-3-1/h3-4,10,14H,1-2,5-9,11-12,16H2;1-6H2. The zero-order valence-electron chi connectivity index (χ0n) is 17.5. The lowest BCUT2D eigenvalue weighted by Gasteiger charge is -2.31. The molecule has 4 rings (SSSR count). The van der Waals surface area contributed by atoms with Crippen molar-refractivity contribution >= 4 is 22.9 Å². The molecule has 2 N–H and O–H groups in total. The van der Waals surface area contributed by atoms with Crippen molar-refractivity contribution in [2.45, 2.75) is 64.0 Å². The predicted molar refractivity (Wildman–Crippen MR) is 122 cm³/mol. The summed E-state index contributed by atoms with van der Waals surface area (Å²) in [4.78, 5) is 4.25. The first kappa shape index (κ1) is 23.0. The first-order chi connectivity index (χ1) is 14.2. The summed E-state index contributed by atoms with van der Waals surface area (Å²) in [5.41, 5.74) is 6.69. The Morgan fingerprint density at radius 3 is 2.45 bits per heavy atom. The molecule has 1 aromatic heterocycles. The number of ether oxygens (including phenoxy) is 1. The Labute approximate surface area is 182 Å². The fourth-order valence-corrected chi connectivity index (χ4v) is 6.27. The Hall–Kier alpha value is -0.670. The van der Waals surface area contributed by atoms with Gasteiger partial charge in [0.15, 0.2) is 0 Å². The normalized spacial score (nSPS) is 24.1. The maximum Gasteiger partial charge on any atom is 0.213 e. The Bertz CT molecular complexity index is 609. The zero-order chi connectivity index (χ0) is 20.3. The molecule has 0 bridgehead atoms. The van der Waals surface area contributed by atoms with E-state index < -0.39 is 10.8 Å². The summed E-state index contributed by atoms with van der Waals surface area (Å²) < 4.78 is 22.1. The molecule has 1 aliphatic carbocycles. The minimum atomic E-state index is -0.621. The lowest BCUT2D eigenvalue weighted by atomic mass is 10.0. The Kier molecular flexibility index (Phi) is 10.2. The number of pyridine rings is 1. The highest BCUT2D eigenvalue weighted by Crippen LogP contribution is 2.29. The van der Waals surface area contributed by atoms with Crippen molar-refractivity contribution in [3.8, 4) is 5.88 Å². The van der Waals surface area contributed by atoms with E-state index in [1.807, 2.05) is 12.1 Å². The van der Waals surface area contributed by atoms with Crippen LogP contribution in [0, 0.1) is 0 Å². The molecular formula is C21H36N4O2S2. The van der Waals surface area contributed by atoms with Crippen molar-refractivity contribution in [3.05, 3.63) is 23.9 Å². The van der Waals surface area contributed by atoms with E-state index in [0.29, 0.717) is 25.1 Å². The van der Waals surface area contributed by atoms with Gasteiger partial charge in [-0.2, -0.15) is 0 Å². The fraction of sp³-hybridized carbons (Fsp3) is 0.762. The molecule has 8 heteroatoms. The molecule has 1 aromatic rings. The Morgan fingerprint density at radius 1 is 1.10 bits per heavy atom. The van der Waals surface area contributed by atoms with Gasteiger partial charge < -0.3 is 10.5 Å². The number of nitrogens with two attached hydrogens (primary N) is 1. The van der Waals surface area contributed by atoms with Gasteiger partial charge in [-0.05, 0) is 24.5 Å². The summed E-state index contributed by atoms with van der Waals surface area (Å²) in [6.07, 6.45) is 13.1. The van der Waals surface area contributed by atoms with Crippen LogP contribution in [0.5, 0.6) is 5.88 Å². The molecule has 3 heterocycles. The number of aromatic nitrogens is 1. The second-order valence-corrected chi connectivity index (χ2v) is 10.8. The number of hydrogen-bond donors (Lipinski definition) is 1. The second kappa shape index (κ2) is 12.9. The number of rotatable bonds is 6. The highest BCUT2D eigenvalue weighted by atomic mass is 32.2. The second-order valence-electron chi connectivity index (χ2n) is 7.93. The summed E-state index contributed by atoms with van der Waals surface area (Å²) in [7, 11) is -0.621. The van der Waals surface area contributed by atoms with Gasteiger partial charge in [-0.3, -0.25) is 4.21 Å². The third kappa shape index (κ3) is 8.17. The summed E-state index contributed by atoms with van der Waals surface area (Å²) in [6, 6.07) is 4.22. The molecule has 0 radical (unpaired) electrons. The van der Waals surface area contributed by atoms with Gasteiger partial charge in [0.1, 0.15) is 6.61 Å². The summed E-state index contributed by atoms with van der Waals surface area (Å²) in [6.45, 7) is 4.03. The summed E-state index contributed by atoms with van der Waals surface area (Å²) in [5.74, 6) is 2.23. The average molecular weight is 441 g/mol. The molecule has 0 spiro atoms. The third-order valence-corrected chi connectivity index (χ3v) is 8.20. The van der Waals surface area contributed by atoms with E-state index in [0.717, 1.165) is 43.1 Å². The van der Waals surface area contributed by atoms with E-state index >= 15 is 0 Å². The molecule has 164 valence electrons. The van der Waals surface area contributed by atoms with E-state index in [4.69, 9.17) is 10.5 Å². The molecule has 3 aliphatic rings. The van der Waals surface area contributed by atoms with Gasteiger partial charge in [-0.15, -0.1) is 0 Å². The smallest absolute Gasteiger partial charge is 0.213 e. The SMILES string of the molecule is C1CCCCC1.NCc1ccnc(OCC2CCCN2SN2CCS(=O)CC2)c1. The molecule has 1 atom stereocenters. The van der Waals surface area contributed by atoms with Gasteiger partial charge in [-0.1, -0.05) is 38.5 Å². The Morgan fingerprint density at radius 2 is 1.79 bits per heavy atom. The van der Waals surface area contributed by atoms with E-state index in [-0.39, 0.29) is 0 Å². The van der Waals surface area contributed by atoms with Crippen molar-refractivity contribution < 1.29 is 8.95 Å². The molecule has 1 saturated carbocycles. The van der Waals surface area contributed by atoms with Gasteiger partial charge in [0.05, 0.1) is 6.04 Å². The molecule has 3 fully saturated rings. The van der Waals surface area contributed by atoms with Crippen LogP contribution in [-0.2, 0) is 17.3 Å². The lowest BCUT2D eigenvalue weighted by molar-refractivity contribution is 0.230. The van der Waals surface area contributed by atoms with Crippen LogP contribution in [-0.4, -0.2) is 61.6 Å². The van der Waals surface area contributed by atoms with E-state index in [2.05, 4.69) is 13.6 Å². The van der Waals surface area contributed by atoms with Gasteiger partial charge in [-0.25, -0.2) is 13.6 Å². The predicted octanol–water partition coefficient (Wildman–Crippen LogP) is 3.35. The Balaban J connectivity index is 0.000000343. The van der Waals surface area contributed by atoms with Crippen LogP contribution in [0.2, 0.25) is 0 Å². The van der Waals surface area contributed by atoms with Crippen LogP contribution in [0.15, 0.2) is 18.3 Å². The summed E-state index contributed by atoms with van der Waals surface area (Å²) in [5, 5.41) is 0. The monoisotopic (exact) mass is 440 g/mol. The third-order valence-electron chi connectivity index (χ3n) is 5.64. The molecule has 2 saturated heterocycles. The molecule has 29 heavy (non-hydrogen) atoms. The highest BCUT2D eigenvalue weighted by Gasteiger charge is 2.29. The first-order valence-corrected chi connectivity index (χ1v) is 13.3. The number of hydrogen-bond acceptors (Lipinski definition) is 7. The fourth-order valence-electron chi connectivity index (χ4n) is 3.83. The molecule has 0 aromatic carbocycles. The lowest BCUT2D eigenvalue weighted by Crippen LogP contribution is -2.38. The maximum atomic E-state index is 11.4. The minimum Gasteiger partial charge on any atom is -0.476 e. The van der Waals surface area contributed by atoms with Crippen LogP contribution in [0.25, 0.3) is 0 Å². The van der Waals surface area contributed by atoms with Gasteiger partial charge in [0, 0.05) is 72.9 Å². The van der Waals surface area contributed by atoms with Crippen LogP contribution in [0.4, 0.5) is 0 Å². The van der Waals surface area contributed by atoms with E-state index in [1.165, 1.54) is 44.9 Å². The molecular weight excluding hydrogens is 404 g/mol. The highest BCUT2D eigenvalue weighted by molar-refractivity contribution is 7.94. The van der Waals surface area contributed by atoms with Crippen molar-refractivity contribution in [2.75, 3.05) is 37.7 Å². The van der Waals surface area contributed by atoms with Gasteiger partial charge >= 0.3 is 0 Å². The zero-order valence-corrected chi connectivity index (χ0v) is 19.1. The average Bonchev–Trinajstić information content (AvgIpc) is 3.22.